The summed E-state index contributed by atoms with van der Waals surface area (Å²) in [6.07, 6.45) is 2.21. The third-order valence-electron chi connectivity index (χ3n) is 0.670. The fraction of sp³-hybridized carbons (Fsp3) is 0. The molecule has 1 aromatic heterocycles. The van der Waals surface area contributed by atoms with Crippen molar-refractivity contribution in [2.24, 2.45) is 0 Å². The summed E-state index contributed by atoms with van der Waals surface area (Å²) in [5.41, 5.74) is 0. The molecule has 0 bridgehead atoms. The molecule has 0 spiro atoms. The molecule has 0 aromatic carbocycles. The SMILES string of the molecule is O=CC#Cc1nccs1. The van der Waals surface area contributed by atoms with E-state index in [0.717, 1.165) is 0 Å². The number of nitrogens with zero attached hydrogens (tertiary/aromatic N) is 1. The van der Waals surface area contributed by atoms with Gasteiger partial charge in [0.1, 0.15) is 0 Å². The summed E-state index contributed by atoms with van der Waals surface area (Å²) in [5.74, 6) is 4.83. The molecular weight excluding hydrogens is 134 g/mol. The highest BCUT2D eigenvalue weighted by Crippen LogP contribution is 1.99. The highest BCUT2D eigenvalue weighted by molar-refractivity contribution is 7.10. The lowest BCUT2D eigenvalue weighted by Crippen LogP contribution is -1.67. The summed E-state index contributed by atoms with van der Waals surface area (Å²) < 4.78 is 0. The third kappa shape index (κ3) is 1.67. The molecule has 0 amide bonds. The Balaban J connectivity index is 2.78. The van der Waals surface area contributed by atoms with Crippen molar-refractivity contribution in [3.05, 3.63) is 16.6 Å². The normalized spacial score (nSPS) is 7.56. The Bertz CT molecular complexity index is 242. The molecule has 0 N–H and O–H groups in total. The Kier molecular flexibility index (Phi) is 2.00. The van der Waals surface area contributed by atoms with Gasteiger partial charge in [0.15, 0.2) is 11.3 Å². The molecule has 0 saturated carbocycles. The van der Waals surface area contributed by atoms with E-state index in [1.807, 2.05) is 5.38 Å². The van der Waals surface area contributed by atoms with Crippen LogP contribution in [0, 0.1) is 11.8 Å². The van der Waals surface area contributed by atoms with Gasteiger partial charge in [0.2, 0.25) is 0 Å². The number of carbonyl (C=O) groups is 1. The maximum atomic E-state index is 9.70. The van der Waals surface area contributed by atoms with Gasteiger partial charge in [-0.2, -0.15) is 0 Å². The average molecular weight is 137 g/mol. The Hall–Kier alpha value is -1.14. The van der Waals surface area contributed by atoms with Crippen molar-refractivity contribution >= 4 is 17.6 Å². The predicted octanol–water partition coefficient (Wildman–Crippen LogP) is 0.694. The summed E-state index contributed by atoms with van der Waals surface area (Å²) in [4.78, 5) is 13.5. The third-order valence-corrected chi connectivity index (χ3v) is 1.36. The second-order valence-corrected chi connectivity index (χ2v) is 2.12. The van der Waals surface area contributed by atoms with E-state index in [1.54, 1.807) is 6.20 Å². The molecular formula is C6H3NOS. The van der Waals surface area contributed by atoms with E-state index < -0.39 is 0 Å². The molecule has 0 radical (unpaired) electrons. The number of aldehydes is 1. The molecule has 1 aromatic rings. The van der Waals surface area contributed by atoms with Crippen molar-refractivity contribution in [2.75, 3.05) is 0 Å². The number of rotatable bonds is 0. The first-order valence-electron chi connectivity index (χ1n) is 2.28. The zero-order valence-electron chi connectivity index (χ0n) is 4.50. The van der Waals surface area contributed by atoms with Crippen molar-refractivity contribution in [3.63, 3.8) is 0 Å². The van der Waals surface area contributed by atoms with Gasteiger partial charge < -0.3 is 0 Å². The van der Waals surface area contributed by atoms with Crippen LogP contribution in [0.2, 0.25) is 0 Å². The van der Waals surface area contributed by atoms with E-state index in [2.05, 4.69) is 16.8 Å². The number of hydrogen-bond donors (Lipinski definition) is 0. The fourth-order valence-corrected chi connectivity index (χ4v) is 0.867. The Labute approximate surface area is 56.5 Å². The molecule has 0 aliphatic carbocycles. The summed E-state index contributed by atoms with van der Waals surface area (Å²) in [6.45, 7) is 0. The van der Waals surface area contributed by atoms with Crippen molar-refractivity contribution in [2.45, 2.75) is 0 Å². The monoisotopic (exact) mass is 137 g/mol. The molecule has 0 aliphatic rings. The number of carbonyl (C=O) groups excluding carboxylic acids is 1. The van der Waals surface area contributed by atoms with Crippen LogP contribution in [0.4, 0.5) is 0 Å². The van der Waals surface area contributed by atoms with Crippen molar-refractivity contribution < 1.29 is 4.79 Å². The van der Waals surface area contributed by atoms with E-state index in [0.29, 0.717) is 11.3 Å². The van der Waals surface area contributed by atoms with Gasteiger partial charge in [-0.05, 0) is 11.8 Å². The molecule has 1 heterocycles. The molecule has 0 fully saturated rings. The minimum atomic E-state index is 0.557. The number of aromatic nitrogens is 1. The molecule has 3 heteroatoms. The Morgan fingerprint density at radius 1 is 1.78 bits per heavy atom. The minimum Gasteiger partial charge on any atom is -0.289 e. The molecule has 0 saturated heterocycles. The average Bonchev–Trinajstić information content (AvgIpc) is 2.34. The molecule has 44 valence electrons. The van der Waals surface area contributed by atoms with Crippen LogP contribution in [0.25, 0.3) is 0 Å². The van der Waals surface area contributed by atoms with E-state index in [1.165, 1.54) is 11.3 Å². The molecule has 9 heavy (non-hydrogen) atoms. The smallest absolute Gasteiger partial charge is 0.193 e. The van der Waals surface area contributed by atoms with Gasteiger partial charge in [0.05, 0.1) is 0 Å². The summed E-state index contributed by atoms with van der Waals surface area (Å²) in [5, 5.41) is 2.50. The zero-order valence-corrected chi connectivity index (χ0v) is 5.31. The fourth-order valence-electron chi connectivity index (χ4n) is 0.376. The van der Waals surface area contributed by atoms with Crippen LogP contribution in [0.5, 0.6) is 0 Å². The summed E-state index contributed by atoms with van der Waals surface area (Å²) >= 11 is 1.42. The largest absolute Gasteiger partial charge is 0.289 e. The Morgan fingerprint density at radius 3 is 3.22 bits per heavy atom. The highest BCUT2D eigenvalue weighted by Gasteiger charge is 1.83. The van der Waals surface area contributed by atoms with Crippen LogP contribution in [0.15, 0.2) is 11.6 Å². The summed E-state index contributed by atoms with van der Waals surface area (Å²) in [6, 6.07) is 0. The first-order chi connectivity index (χ1) is 4.43. The van der Waals surface area contributed by atoms with Gasteiger partial charge in [-0.3, -0.25) is 4.79 Å². The van der Waals surface area contributed by atoms with E-state index >= 15 is 0 Å². The standard InChI is InChI=1S/C6H3NOS/c8-4-1-2-6-7-3-5-9-6/h3-5H. The van der Waals surface area contributed by atoms with Crippen LogP contribution in [-0.4, -0.2) is 11.3 Å². The molecule has 0 unspecified atom stereocenters. The molecule has 0 aliphatic heterocycles. The first-order valence-corrected chi connectivity index (χ1v) is 3.16. The molecule has 1 rings (SSSR count). The van der Waals surface area contributed by atoms with E-state index in [-0.39, 0.29) is 0 Å². The quantitative estimate of drug-likeness (QED) is 0.389. The number of thiazole rings is 1. The van der Waals surface area contributed by atoms with Crippen LogP contribution >= 0.6 is 11.3 Å². The van der Waals surface area contributed by atoms with Crippen molar-refractivity contribution in [3.8, 4) is 11.8 Å². The lowest BCUT2D eigenvalue weighted by molar-refractivity contribution is -0.103. The van der Waals surface area contributed by atoms with Crippen LogP contribution in [0.3, 0.4) is 0 Å². The lowest BCUT2D eigenvalue weighted by Gasteiger charge is -1.68. The second-order valence-electron chi connectivity index (χ2n) is 1.22. The predicted molar refractivity (Wildman–Crippen MR) is 35.1 cm³/mol. The minimum absolute atomic E-state index is 0.557. The second kappa shape index (κ2) is 3.00. The van der Waals surface area contributed by atoms with Crippen LogP contribution < -0.4 is 0 Å². The van der Waals surface area contributed by atoms with Crippen LogP contribution in [-0.2, 0) is 4.79 Å². The molecule has 2 nitrogen and oxygen atoms in total. The molecule has 0 atom stereocenters. The van der Waals surface area contributed by atoms with Crippen molar-refractivity contribution in [1.29, 1.82) is 0 Å². The van der Waals surface area contributed by atoms with Gasteiger partial charge in [0.25, 0.3) is 0 Å². The van der Waals surface area contributed by atoms with Gasteiger partial charge in [-0.25, -0.2) is 4.98 Å². The maximum Gasteiger partial charge on any atom is 0.193 e. The van der Waals surface area contributed by atoms with Crippen LogP contribution in [0.1, 0.15) is 5.01 Å². The van der Waals surface area contributed by atoms with Gasteiger partial charge in [-0.1, -0.05) is 0 Å². The first kappa shape index (κ1) is 5.99. The highest BCUT2D eigenvalue weighted by atomic mass is 32.1. The van der Waals surface area contributed by atoms with Gasteiger partial charge in [-0.15, -0.1) is 11.3 Å². The van der Waals surface area contributed by atoms with Gasteiger partial charge >= 0.3 is 0 Å². The Morgan fingerprint density at radius 2 is 2.67 bits per heavy atom. The van der Waals surface area contributed by atoms with E-state index in [4.69, 9.17) is 0 Å². The number of hydrogen-bond acceptors (Lipinski definition) is 3. The summed E-state index contributed by atoms with van der Waals surface area (Å²) in [7, 11) is 0. The topological polar surface area (TPSA) is 30.0 Å². The lowest BCUT2D eigenvalue weighted by atomic mass is 10.6. The zero-order chi connectivity index (χ0) is 6.53. The van der Waals surface area contributed by atoms with Gasteiger partial charge in [0, 0.05) is 11.6 Å². The van der Waals surface area contributed by atoms with Crippen molar-refractivity contribution in [1.82, 2.24) is 4.98 Å². The maximum absolute atomic E-state index is 9.70. The van der Waals surface area contributed by atoms with E-state index in [9.17, 15) is 4.79 Å².